The van der Waals surface area contributed by atoms with Crippen LogP contribution >= 0.6 is 0 Å². The fourth-order valence-electron chi connectivity index (χ4n) is 2.18. The number of nitrogens with two attached hydrogens (primary N) is 1. The summed E-state index contributed by atoms with van der Waals surface area (Å²) in [7, 11) is 0. The van der Waals surface area contributed by atoms with Crippen LogP contribution < -0.4 is 11.4 Å². The molecule has 0 aliphatic heterocycles. The Balaban J connectivity index is 2.60. The van der Waals surface area contributed by atoms with Gasteiger partial charge in [0, 0.05) is 18.0 Å². The van der Waals surface area contributed by atoms with Gasteiger partial charge in [-0.2, -0.15) is 0 Å². The maximum Gasteiger partial charge on any atom is 0.336 e. The molecule has 17 heavy (non-hydrogen) atoms. The van der Waals surface area contributed by atoms with E-state index in [4.69, 9.17) is 10.2 Å². The van der Waals surface area contributed by atoms with Gasteiger partial charge in [-0.25, -0.2) is 4.79 Å². The molecule has 1 heterocycles. The summed E-state index contributed by atoms with van der Waals surface area (Å²) in [6.45, 7) is 0.329. The molecule has 0 saturated heterocycles. The first-order valence-corrected chi connectivity index (χ1v) is 5.44. The summed E-state index contributed by atoms with van der Waals surface area (Å²) in [5, 5.41) is 3.11. The first-order chi connectivity index (χ1) is 8.29. The maximum atomic E-state index is 11.4. The summed E-state index contributed by atoms with van der Waals surface area (Å²) in [5.74, 6) is 0. The van der Waals surface area contributed by atoms with Gasteiger partial charge in [0.2, 0.25) is 0 Å². The Morgan fingerprint density at radius 1 is 1.12 bits per heavy atom. The Labute approximate surface area is 97.5 Å². The van der Waals surface area contributed by atoms with Crippen LogP contribution in [0.25, 0.3) is 21.7 Å². The number of hydrogen-bond donors (Lipinski definition) is 1. The first kappa shape index (κ1) is 10.1. The Kier molecular flexibility index (Phi) is 2.20. The fourth-order valence-corrected chi connectivity index (χ4v) is 2.18. The zero-order chi connectivity index (χ0) is 11.8. The highest BCUT2D eigenvalue weighted by atomic mass is 16.4. The Morgan fingerprint density at radius 2 is 1.94 bits per heavy atom. The van der Waals surface area contributed by atoms with Gasteiger partial charge in [-0.1, -0.05) is 30.3 Å². The topological polar surface area (TPSA) is 56.2 Å². The van der Waals surface area contributed by atoms with E-state index in [1.54, 1.807) is 0 Å². The molecule has 0 unspecified atom stereocenters. The molecule has 0 aliphatic rings. The third-order valence-corrected chi connectivity index (χ3v) is 2.93. The number of fused-ring (bicyclic) bond motifs is 3. The monoisotopic (exact) mass is 225 g/mol. The standard InChI is InChI=1S/C14H11NO2/c15-8-10-7-13(16)17-12-6-5-9-3-1-2-4-11(9)14(10)12/h1-7H,8,15H2. The predicted molar refractivity (Wildman–Crippen MR) is 67.9 cm³/mol. The lowest BCUT2D eigenvalue weighted by Gasteiger charge is -2.06. The maximum absolute atomic E-state index is 11.4. The minimum atomic E-state index is -0.353. The Bertz CT molecular complexity index is 759. The van der Waals surface area contributed by atoms with Gasteiger partial charge in [0.25, 0.3) is 0 Å². The lowest BCUT2D eigenvalue weighted by atomic mass is 10.0. The van der Waals surface area contributed by atoms with E-state index < -0.39 is 0 Å². The second-order valence-corrected chi connectivity index (χ2v) is 3.95. The van der Waals surface area contributed by atoms with Crippen molar-refractivity contribution in [3.8, 4) is 0 Å². The van der Waals surface area contributed by atoms with Crippen LogP contribution in [-0.4, -0.2) is 0 Å². The highest BCUT2D eigenvalue weighted by molar-refractivity contribution is 6.06. The third kappa shape index (κ3) is 1.52. The van der Waals surface area contributed by atoms with E-state index in [2.05, 4.69) is 0 Å². The molecule has 0 radical (unpaired) electrons. The molecule has 0 amide bonds. The quantitative estimate of drug-likeness (QED) is 0.511. The number of rotatable bonds is 1. The van der Waals surface area contributed by atoms with Crippen LogP contribution in [0.15, 0.2) is 51.7 Å². The van der Waals surface area contributed by atoms with Gasteiger partial charge >= 0.3 is 5.63 Å². The van der Waals surface area contributed by atoms with Crippen LogP contribution in [0.5, 0.6) is 0 Å². The van der Waals surface area contributed by atoms with E-state index in [1.807, 2.05) is 36.4 Å². The largest absolute Gasteiger partial charge is 0.423 e. The molecule has 2 aromatic carbocycles. The molecule has 3 aromatic rings. The van der Waals surface area contributed by atoms with Gasteiger partial charge in [-0.05, 0) is 22.4 Å². The van der Waals surface area contributed by atoms with Crippen molar-refractivity contribution in [1.82, 2.24) is 0 Å². The molecule has 0 atom stereocenters. The molecular formula is C14H11NO2. The predicted octanol–water partition coefficient (Wildman–Crippen LogP) is 2.40. The Hall–Kier alpha value is -2.13. The van der Waals surface area contributed by atoms with Crippen LogP contribution in [0.1, 0.15) is 5.56 Å². The number of benzene rings is 2. The summed E-state index contributed by atoms with van der Waals surface area (Å²) in [6.07, 6.45) is 0. The summed E-state index contributed by atoms with van der Waals surface area (Å²) in [6, 6.07) is 13.2. The molecule has 3 rings (SSSR count). The smallest absolute Gasteiger partial charge is 0.336 e. The van der Waals surface area contributed by atoms with Gasteiger partial charge in [0.1, 0.15) is 5.58 Å². The van der Waals surface area contributed by atoms with Crippen molar-refractivity contribution in [3.05, 3.63) is 58.4 Å². The molecule has 0 spiro atoms. The minimum absolute atomic E-state index is 0.329. The van der Waals surface area contributed by atoms with Crippen molar-refractivity contribution in [3.63, 3.8) is 0 Å². The molecule has 1 aromatic heterocycles. The second-order valence-electron chi connectivity index (χ2n) is 3.95. The number of hydrogen-bond acceptors (Lipinski definition) is 3. The zero-order valence-corrected chi connectivity index (χ0v) is 9.14. The van der Waals surface area contributed by atoms with E-state index in [-0.39, 0.29) is 5.63 Å². The molecule has 0 bridgehead atoms. The highest BCUT2D eigenvalue weighted by Crippen LogP contribution is 2.26. The Morgan fingerprint density at radius 3 is 2.76 bits per heavy atom. The molecule has 2 N–H and O–H groups in total. The second kappa shape index (κ2) is 3.71. The van der Waals surface area contributed by atoms with Crippen molar-refractivity contribution >= 4 is 21.7 Å². The third-order valence-electron chi connectivity index (χ3n) is 2.93. The van der Waals surface area contributed by atoms with Crippen molar-refractivity contribution < 1.29 is 4.42 Å². The molecule has 3 nitrogen and oxygen atoms in total. The zero-order valence-electron chi connectivity index (χ0n) is 9.14. The normalized spacial score (nSPS) is 11.1. The summed E-state index contributed by atoms with van der Waals surface area (Å²) in [5.41, 5.74) is 6.76. The average molecular weight is 225 g/mol. The van der Waals surface area contributed by atoms with Gasteiger partial charge in [0.05, 0.1) is 0 Å². The van der Waals surface area contributed by atoms with Crippen molar-refractivity contribution in [2.45, 2.75) is 6.54 Å². The van der Waals surface area contributed by atoms with Crippen LogP contribution in [0.3, 0.4) is 0 Å². The van der Waals surface area contributed by atoms with Crippen LogP contribution in [-0.2, 0) is 6.54 Å². The summed E-state index contributed by atoms with van der Waals surface area (Å²) < 4.78 is 5.20. The molecule has 0 fully saturated rings. The van der Waals surface area contributed by atoms with E-state index in [1.165, 1.54) is 6.07 Å². The van der Waals surface area contributed by atoms with Gasteiger partial charge in [-0.3, -0.25) is 0 Å². The van der Waals surface area contributed by atoms with E-state index in [9.17, 15) is 4.79 Å². The molecule has 0 saturated carbocycles. The minimum Gasteiger partial charge on any atom is -0.423 e. The SMILES string of the molecule is NCc1cc(=O)oc2ccc3ccccc3c12. The lowest BCUT2D eigenvalue weighted by molar-refractivity contribution is 0.559. The van der Waals surface area contributed by atoms with Crippen LogP contribution in [0, 0.1) is 0 Å². The van der Waals surface area contributed by atoms with Crippen LogP contribution in [0.2, 0.25) is 0 Å². The van der Waals surface area contributed by atoms with Crippen molar-refractivity contribution in [1.29, 1.82) is 0 Å². The van der Waals surface area contributed by atoms with E-state index in [0.717, 1.165) is 21.7 Å². The highest BCUT2D eigenvalue weighted by Gasteiger charge is 2.07. The van der Waals surface area contributed by atoms with Gasteiger partial charge < -0.3 is 10.2 Å². The fraction of sp³-hybridized carbons (Fsp3) is 0.0714. The van der Waals surface area contributed by atoms with Crippen LogP contribution in [0.4, 0.5) is 0 Å². The lowest BCUT2D eigenvalue weighted by Crippen LogP contribution is -2.05. The first-order valence-electron chi connectivity index (χ1n) is 5.44. The molecule has 84 valence electrons. The van der Waals surface area contributed by atoms with Crippen molar-refractivity contribution in [2.75, 3.05) is 0 Å². The molecular weight excluding hydrogens is 214 g/mol. The van der Waals surface area contributed by atoms with Gasteiger partial charge in [0.15, 0.2) is 0 Å². The molecule has 3 heteroatoms. The summed E-state index contributed by atoms with van der Waals surface area (Å²) in [4.78, 5) is 11.4. The van der Waals surface area contributed by atoms with E-state index in [0.29, 0.717) is 12.1 Å². The average Bonchev–Trinajstić information content (AvgIpc) is 2.37. The van der Waals surface area contributed by atoms with Crippen molar-refractivity contribution in [2.24, 2.45) is 5.73 Å². The molecule has 0 aliphatic carbocycles. The van der Waals surface area contributed by atoms with E-state index >= 15 is 0 Å². The van der Waals surface area contributed by atoms with Gasteiger partial charge in [-0.15, -0.1) is 0 Å². The summed E-state index contributed by atoms with van der Waals surface area (Å²) >= 11 is 0.